The van der Waals surface area contributed by atoms with Gasteiger partial charge in [0.1, 0.15) is 0 Å². The van der Waals surface area contributed by atoms with Crippen molar-refractivity contribution in [3.05, 3.63) is 0 Å². The average Bonchev–Trinajstić information content (AvgIpc) is 2.14. The van der Waals surface area contributed by atoms with Crippen molar-refractivity contribution in [3.8, 4) is 6.07 Å². The molecule has 4 atom stereocenters. The van der Waals surface area contributed by atoms with Crippen LogP contribution in [0.2, 0.25) is 0 Å². The van der Waals surface area contributed by atoms with Gasteiger partial charge in [0.2, 0.25) is 0 Å². The van der Waals surface area contributed by atoms with E-state index in [9.17, 15) is 5.11 Å². The highest BCUT2D eigenvalue weighted by Gasteiger charge is 2.41. The monoisotopic (exact) mass is 195 g/mol. The Labute approximate surface area is 86.9 Å². The van der Waals surface area contributed by atoms with Crippen LogP contribution in [0, 0.1) is 29.1 Å². The first-order chi connectivity index (χ1) is 6.53. The van der Waals surface area contributed by atoms with Crippen LogP contribution in [-0.4, -0.2) is 10.7 Å². The van der Waals surface area contributed by atoms with Gasteiger partial charge in [-0.25, -0.2) is 0 Å². The van der Waals surface area contributed by atoms with Gasteiger partial charge >= 0.3 is 0 Å². The summed E-state index contributed by atoms with van der Waals surface area (Å²) in [6.07, 6.45) is 3.40. The molecule has 2 nitrogen and oxygen atoms in total. The Morgan fingerprint density at radius 2 is 2.14 bits per heavy atom. The highest BCUT2D eigenvalue weighted by molar-refractivity contribution is 5.01. The zero-order valence-electron chi connectivity index (χ0n) is 9.45. The van der Waals surface area contributed by atoms with E-state index in [1.165, 1.54) is 0 Å². The lowest BCUT2D eigenvalue weighted by atomic mass is 9.68. The van der Waals surface area contributed by atoms with Crippen LogP contribution >= 0.6 is 0 Å². The maximum atomic E-state index is 10.4. The fourth-order valence-corrected chi connectivity index (χ4v) is 2.53. The van der Waals surface area contributed by atoms with E-state index < -0.39 is 5.60 Å². The molecule has 14 heavy (non-hydrogen) atoms. The third kappa shape index (κ3) is 2.09. The van der Waals surface area contributed by atoms with Gasteiger partial charge < -0.3 is 5.11 Å². The summed E-state index contributed by atoms with van der Waals surface area (Å²) >= 11 is 0. The molecule has 0 aromatic heterocycles. The second-order valence-corrected chi connectivity index (χ2v) is 4.89. The van der Waals surface area contributed by atoms with Gasteiger partial charge in [0.25, 0.3) is 0 Å². The van der Waals surface area contributed by atoms with Crippen molar-refractivity contribution in [2.24, 2.45) is 17.8 Å². The van der Waals surface area contributed by atoms with Gasteiger partial charge in [-0.1, -0.05) is 20.8 Å². The number of hydrogen-bond acceptors (Lipinski definition) is 2. The lowest BCUT2D eigenvalue weighted by molar-refractivity contribution is -0.0593. The molecule has 80 valence electrons. The minimum Gasteiger partial charge on any atom is -0.389 e. The molecule has 1 saturated carbocycles. The van der Waals surface area contributed by atoms with Crippen molar-refractivity contribution in [3.63, 3.8) is 0 Å². The van der Waals surface area contributed by atoms with Crippen LogP contribution in [0.15, 0.2) is 0 Å². The van der Waals surface area contributed by atoms with E-state index in [1.54, 1.807) is 0 Å². The van der Waals surface area contributed by atoms with Crippen LogP contribution in [0.1, 0.15) is 46.5 Å². The van der Waals surface area contributed by atoms with Crippen LogP contribution in [0.5, 0.6) is 0 Å². The Hall–Kier alpha value is -0.550. The van der Waals surface area contributed by atoms with Crippen LogP contribution in [0.3, 0.4) is 0 Å². The largest absolute Gasteiger partial charge is 0.389 e. The summed E-state index contributed by atoms with van der Waals surface area (Å²) in [4.78, 5) is 0. The first-order valence-electron chi connectivity index (χ1n) is 5.65. The molecular weight excluding hydrogens is 174 g/mol. The SMILES string of the molecule is CCC(C#N)C1(O)CCC(C)C(C)C1. The van der Waals surface area contributed by atoms with Crippen LogP contribution in [-0.2, 0) is 0 Å². The van der Waals surface area contributed by atoms with Gasteiger partial charge in [-0.15, -0.1) is 0 Å². The fourth-order valence-electron chi connectivity index (χ4n) is 2.53. The molecule has 1 rings (SSSR count). The van der Waals surface area contributed by atoms with E-state index in [0.717, 1.165) is 25.7 Å². The molecule has 1 aliphatic carbocycles. The Bertz CT molecular complexity index is 233. The van der Waals surface area contributed by atoms with Crippen LogP contribution in [0.25, 0.3) is 0 Å². The minimum atomic E-state index is -0.713. The number of nitriles is 1. The third-order valence-electron chi connectivity index (χ3n) is 3.89. The Kier molecular flexibility index (Phi) is 3.55. The first-order valence-corrected chi connectivity index (χ1v) is 5.65. The molecule has 1 fully saturated rings. The molecule has 0 radical (unpaired) electrons. The van der Waals surface area contributed by atoms with Crippen LogP contribution < -0.4 is 0 Å². The predicted octanol–water partition coefficient (Wildman–Crippen LogP) is 2.72. The molecule has 0 aliphatic heterocycles. The van der Waals surface area contributed by atoms with Gasteiger partial charge in [0.15, 0.2) is 0 Å². The molecule has 1 aliphatic rings. The molecule has 4 unspecified atom stereocenters. The van der Waals surface area contributed by atoms with Crippen molar-refractivity contribution >= 4 is 0 Å². The van der Waals surface area contributed by atoms with Crippen molar-refractivity contribution in [1.82, 2.24) is 0 Å². The normalized spacial score (nSPS) is 40.2. The lowest BCUT2D eigenvalue weighted by Gasteiger charge is -2.41. The topological polar surface area (TPSA) is 44.0 Å². The number of nitrogens with zero attached hydrogens (tertiary/aromatic N) is 1. The third-order valence-corrected chi connectivity index (χ3v) is 3.89. The van der Waals surface area contributed by atoms with Gasteiger partial charge in [-0.3, -0.25) is 0 Å². The predicted molar refractivity (Wildman–Crippen MR) is 56.5 cm³/mol. The summed E-state index contributed by atoms with van der Waals surface area (Å²) in [6.45, 7) is 6.39. The Morgan fingerprint density at radius 1 is 1.50 bits per heavy atom. The smallest absolute Gasteiger partial charge is 0.0807 e. The molecule has 0 saturated heterocycles. The lowest BCUT2D eigenvalue weighted by Crippen LogP contribution is -2.43. The molecule has 0 aromatic rings. The molecule has 0 heterocycles. The standard InChI is InChI=1S/C12H21NO/c1-4-11(8-13)12(14)6-5-9(2)10(3)7-12/h9-11,14H,4-7H2,1-3H3. The van der Waals surface area contributed by atoms with Gasteiger partial charge in [-0.2, -0.15) is 5.26 Å². The highest BCUT2D eigenvalue weighted by Crippen LogP contribution is 2.41. The summed E-state index contributed by atoms with van der Waals surface area (Å²) in [7, 11) is 0. The van der Waals surface area contributed by atoms with E-state index in [2.05, 4.69) is 19.9 Å². The fraction of sp³-hybridized carbons (Fsp3) is 0.917. The quantitative estimate of drug-likeness (QED) is 0.736. The van der Waals surface area contributed by atoms with E-state index in [0.29, 0.717) is 11.8 Å². The molecule has 0 spiro atoms. The molecular formula is C12H21NO. The summed E-state index contributed by atoms with van der Waals surface area (Å²) in [6, 6.07) is 2.25. The number of aliphatic hydroxyl groups is 1. The van der Waals surface area contributed by atoms with Crippen LogP contribution in [0.4, 0.5) is 0 Å². The molecule has 0 aromatic carbocycles. The first kappa shape index (κ1) is 11.5. The van der Waals surface area contributed by atoms with Crippen molar-refractivity contribution < 1.29 is 5.11 Å². The van der Waals surface area contributed by atoms with E-state index in [1.807, 2.05) is 6.92 Å². The summed E-state index contributed by atoms with van der Waals surface area (Å²) in [5.74, 6) is 1.04. The Morgan fingerprint density at radius 3 is 2.57 bits per heavy atom. The van der Waals surface area contributed by atoms with Gasteiger partial charge in [0, 0.05) is 0 Å². The summed E-state index contributed by atoms with van der Waals surface area (Å²) in [5.41, 5.74) is -0.713. The van der Waals surface area contributed by atoms with E-state index in [-0.39, 0.29) is 5.92 Å². The van der Waals surface area contributed by atoms with E-state index in [4.69, 9.17) is 5.26 Å². The molecule has 0 bridgehead atoms. The molecule has 0 amide bonds. The number of hydrogen-bond donors (Lipinski definition) is 1. The molecule has 1 N–H and O–H groups in total. The van der Waals surface area contributed by atoms with E-state index >= 15 is 0 Å². The second kappa shape index (κ2) is 4.31. The zero-order chi connectivity index (χ0) is 10.8. The van der Waals surface area contributed by atoms with Crippen molar-refractivity contribution in [2.75, 3.05) is 0 Å². The van der Waals surface area contributed by atoms with Gasteiger partial charge in [0.05, 0.1) is 17.6 Å². The number of rotatable bonds is 2. The molecule has 2 heteroatoms. The summed E-state index contributed by atoms with van der Waals surface area (Å²) < 4.78 is 0. The highest BCUT2D eigenvalue weighted by atomic mass is 16.3. The Balaban J connectivity index is 2.71. The maximum absolute atomic E-state index is 10.4. The zero-order valence-corrected chi connectivity index (χ0v) is 9.45. The second-order valence-electron chi connectivity index (χ2n) is 4.89. The van der Waals surface area contributed by atoms with Crippen molar-refractivity contribution in [2.45, 2.75) is 52.1 Å². The average molecular weight is 195 g/mol. The minimum absolute atomic E-state index is 0.183. The maximum Gasteiger partial charge on any atom is 0.0807 e. The van der Waals surface area contributed by atoms with Gasteiger partial charge in [-0.05, 0) is 37.5 Å². The van der Waals surface area contributed by atoms with Crippen molar-refractivity contribution in [1.29, 1.82) is 5.26 Å². The summed E-state index contributed by atoms with van der Waals surface area (Å²) in [5, 5.41) is 19.4.